The third-order valence-electron chi connectivity index (χ3n) is 3.39. The van der Waals surface area contributed by atoms with Gasteiger partial charge in [-0.1, -0.05) is 26.0 Å². The highest BCUT2D eigenvalue weighted by molar-refractivity contribution is 5.01. The van der Waals surface area contributed by atoms with Crippen LogP contribution >= 0.6 is 0 Å². The van der Waals surface area contributed by atoms with E-state index in [9.17, 15) is 0 Å². The summed E-state index contributed by atoms with van der Waals surface area (Å²) in [5, 5.41) is 0. The Balaban J connectivity index is 2.61. The van der Waals surface area contributed by atoms with Gasteiger partial charge < -0.3 is 9.47 Å². The Kier molecular flexibility index (Phi) is 4.25. The molecule has 0 atom stereocenters. The topological polar surface area (TPSA) is 18.5 Å². The fourth-order valence-corrected chi connectivity index (χ4v) is 2.52. The molecule has 0 spiro atoms. The minimum Gasteiger partial charge on any atom is -0.502 e. The van der Waals surface area contributed by atoms with Gasteiger partial charge in [0.25, 0.3) is 0 Å². The van der Waals surface area contributed by atoms with Gasteiger partial charge >= 0.3 is 0 Å². The van der Waals surface area contributed by atoms with Crippen LogP contribution in [0.15, 0.2) is 24.7 Å². The van der Waals surface area contributed by atoms with E-state index in [0.717, 1.165) is 24.4 Å². The fourth-order valence-electron chi connectivity index (χ4n) is 2.52. The summed E-state index contributed by atoms with van der Waals surface area (Å²) < 4.78 is 10.4. The quantitative estimate of drug-likeness (QED) is 0.623. The summed E-state index contributed by atoms with van der Waals surface area (Å²) in [4.78, 5) is 0. The summed E-state index contributed by atoms with van der Waals surface area (Å²) in [6.45, 7) is 7.84. The molecule has 15 heavy (non-hydrogen) atoms. The van der Waals surface area contributed by atoms with Crippen molar-refractivity contribution in [3.05, 3.63) is 24.7 Å². The number of hydrogen-bond donors (Lipinski definition) is 0. The number of methoxy groups -OCH3 is 2. The minimum atomic E-state index is 0.292. The lowest BCUT2D eigenvalue weighted by Gasteiger charge is -2.29. The molecule has 0 radical (unpaired) electrons. The highest BCUT2D eigenvalue weighted by atomic mass is 16.5. The molecule has 2 heteroatoms. The predicted octanol–water partition coefficient (Wildman–Crippen LogP) is 3.65. The Bertz CT molecular complexity index is 217. The number of hydrogen-bond acceptors (Lipinski definition) is 2. The van der Waals surface area contributed by atoms with Crippen LogP contribution in [0.4, 0.5) is 0 Å². The first-order valence-corrected chi connectivity index (χ1v) is 5.55. The van der Waals surface area contributed by atoms with E-state index in [1.165, 1.54) is 25.7 Å². The van der Waals surface area contributed by atoms with Gasteiger partial charge in [-0.05, 0) is 18.3 Å². The highest BCUT2D eigenvalue weighted by Gasteiger charge is 2.35. The van der Waals surface area contributed by atoms with Gasteiger partial charge in [0, 0.05) is 12.8 Å². The molecule has 1 saturated carbocycles. The largest absolute Gasteiger partial charge is 0.502 e. The molecular formula is C13H22O2. The zero-order valence-electron chi connectivity index (χ0n) is 9.97. The van der Waals surface area contributed by atoms with Gasteiger partial charge in [-0.3, -0.25) is 0 Å². The Hall–Kier alpha value is -0.920. The molecule has 0 heterocycles. The third-order valence-corrected chi connectivity index (χ3v) is 3.39. The first kappa shape index (κ1) is 12.2. The van der Waals surface area contributed by atoms with Crippen molar-refractivity contribution in [1.29, 1.82) is 0 Å². The molecular weight excluding hydrogens is 188 g/mol. The Morgan fingerprint density at radius 1 is 1.00 bits per heavy atom. The van der Waals surface area contributed by atoms with Gasteiger partial charge in [-0.15, -0.1) is 0 Å². The van der Waals surface area contributed by atoms with Crippen LogP contribution in [0.1, 0.15) is 38.5 Å². The Labute approximate surface area is 93.0 Å². The highest BCUT2D eigenvalue weighted by Crippen LogP contribution is 2.47. The van der Waals surface area contributed by atoms with E-state index < -0.39 is 0 Å². The monoisotopic (exact) mass is 210 g/mol. The van der Waals surface area contributed by atoms with E-state index in [1.54, 1.807) is 14.2 Å². The van der Waals surface area contributed by atoms with E-state index in [4.69, 9.17) is 9.47 Å². The summed E-state index contributed by atoms with van der Waals surface area (Å²) in [6.07, 6.45) is 6.94. The van der Waals surface area contributed by atoms with E-state index in [1.807, 2.05) is 0 Å². The first-order valence-electron chi connectivity index (χ1n) is 5.55. The standard InChI is InChI=1S/C13H22O2/c1-11(14-3)9-13(7-5-6-8-13)10-12(2)15-4/h1-2,5-10H2,3-4H3. The molecule has 0 amide bonds. The van der Waals surface area contributed by atoms with Crippen LogP contribution in [-0.2, 0) is 9.47 Å². The van der Waals surface area contributed by atoms with Crippen molar-refractivity contribution >= 4 is 0 Å². The molecule has 1 fully saturated rings. The molecule has 2 nitrogen and oxygen atoms in total. The van der Waals surface area contributed by atoms with E-state index in [0.29, 0.717) is 5.41 Å². The maximum absolute atomic E-state index is 5.19. The van der Waals surface area contributed by atoms with E-state index in [2.05, 4.69) is 13.2 Å². The van der Waals surface area contributed by atoms with Crippen LogP contribution in [0.5, 0.6) is 0 Å². The first-order chi connectivity index (χ1) is 7.12. The zero-order chi connectivity index (χ0) is 11.3. The van der Waals surface area contributed by atoms with Crippen LogP contribution < -0.4 is 0 Å². The SMILES string of the molecule is C=C(CC1(CC(=C)OC)CCCC1)OC. The number of allylic oxidation sites excluding steroid dienone is 2. The molecule has 1 rings (SSSR count). The van der Waals surface area contributed by atoms with Gasteiger partial charge in [0.05, 0.1) is 25.7 Å². The zero-order valence-corrected chi connectivity index (χ0v) is 9.97. The number of rotatable bonds is 6. The summed E-state index contributed by atoms with van der Waals surface area (Å²) in [5.41, 5.74) is 0.292. The third kappa shape index (κ3) is 3.29. The lowest BCUT2D eigenvalue weighted by molar-refractivity contribution is 0.171. The summed E-state index contributed by atoms with van der Waals surface area (Å²) >= 11 is 0. The molecule has 0 aliphatic heterocycles. The summed E-state index contributed by atoms with van der Waals surface area (Å²) in [7, 11) is 3.38. The lowest BCUT2D eigenvalue weighted by atomic mass is 9.78. The molecule has 0 aromatic heterocycles. The normalized spacial score (nSPS) is 18.5. The van der Waals surface area contributed by atoms with Gasteiger partial charge in [0.15, 0.2) is 0 Å². The van der Waals surface area contributed by atoms with Crippen molar-refractivity contribution in [1.82, 2.24) is 0 Å². The van der Waals surface area contributed by atoms with Gasteiger partial charge in [-0.25, -0.2) is 0 Å². The Morgan fingerprint density at radius 2 is 1.40 bits per heavy atom. The van der Waals surface area contributed by atoms with Crippen LogP contribution in [0, 0.1) is 5.41 Å². The molecule has 0 N–H and O–H groups in total. The molecule has 86 valence electrons. The average molecular weight is 210 g/mol. The summed E-state index contributed by atoms with van der Waals surface area (Å²) in [6, 6.07) is 0. The molecule has 0 bridgehead atoms. The van der Waals surface area contributed by atoms with Crippen molar-refractivity contribution in [2.24, 2.45) is 5.41 Å². The molecule has 0 unspecified atom stereocenters. The van der Waals surface area contributed by atoms with Crippen molar-refractivity contribution in [2.45, 2.75) is 38.5 Å². The van der Waals surface area contributed by atoms with Gasteiger partial charge in [0.2, 0.25) is 0 Å². The molecule has 0 saturated heterocycles. The van der Waals surface area contributed by atoms with Crippen molar-refractivity contribution in [3.63, 3.8) is 0 Å². The maximum Gasteiger partial charge on any atom is 0.0889 e. The molecule has 0 aromatic carbocycles. The van der Waals surface area contributed by atoms with E-state index >= 15 is 0 Å². The van der Waals surface area contributed by atoms with Crippen LogP contribution in [0.25, 0.3) is 0 Å². The fraction of sp³-hybridized carbons (Fsp3) is 0.692. The lowest BCUT2D eigenvalue weighted by Crippen LogP contribution is -2.18. The van der Waals surface area contributed by atoms with Crippen molar-refractivity contribution < 1.29 is 9.47 Å². The smallest absolute Gasteiger partial charge is 0.0889 e. The van der Waals surface area contributed by atoms with Crippen molar-refractivity contribution in [3.8, 4) is 0 Å². The number of ether oxygens (including phenoxy) is 2. The second kappa shape index (κ2) is 5.24. The predicted molar refractivity (Wildman–Crippen MR) is 62.4 cm³/mol. The molecule has 0 aromatic rings. The summed E-state index contributed by atoms with van der Waals surface area (Å²) in [5.74, 6) is 1.75. The van der Waals surface area contributed by atoms with Crippen LogP contribution in [0.3, 0.4) is 0 Å². The average Bonchev–Trinajstić information content (AvgIpc) is 2.66. The second-order valence-electron chi connectivity index (χ2n) is 4.55. The van der Waals surface area contributed by atoms with Gasteiger partial charge in [-0.2, -0.15) is 0 Å². The van der Waals surface area contributed by atoms with Crippen LogP contribution in [-0.4, -0.2) is 14.2 Å². The minimum absolute atomic E-state index is 0.292. The molecule has 1 aliphatic rings. The second-order valence-corrected chi connectivity index (χ2v) is 4.55. The Morgan fingerprint density at radius 3 is 1.73 bits per heavy atom. The van der Waals surface area contributed by atoms with Gasteiger partial charge in [0.1, 0.15) is 0 Å². The van der Waals surface area contributed by atoms with E-state index in [-0.39, 0.29) is 0 Å². The van der Waals surface area contributed by atoms with Crippen molar-refractivity contribution in [2.75, 3.05) is 14.2 Å². The molecule has 1 aliphatic carbocycles. The van der Waals surface area contributed by atoms with Crippen LogP contribution in [0.2, 0.25) is 0 Å². The maximum atomic E-state index is 5.19.